The van der Waals surface area contributed by atoms with Crippen molar-refractivity contribution < 1.29 is 45.4 Å². The van der Waals surface area contributed by atoms with Crippen molar-refractivity contribution in [1.82, 2.24) is 24.6 Å². The molecule has 1 fully saturated rings. The van der Waals surface area contributed by atoms with Gasteiger partial charge in [-0.15, -0.1) is 0 Å². The first-order valence-corrected chi connectivity index (χ1v) is 10.7. The summed E-state index contributed by atoms with van der Waals surface area (Å²) < 4.78 is 88.2. The summed E-state index contributed by atoms with van der Waals surface area (Å²) in [6, 6.07) is 3.77. The monoisotopic (exact) mass is 531 g/mol. The molecule has 0 atom stereocenters. The number of hydrogen-bond donors (Lipinski definition) is 1. The fourth-order valence-electron chi connectivity index (χ4n) is 3.80. The lowest BCUT2D eigenvalue weighted by Crippen LogP contribution is -2.71. The third-order valence-electron chi connectivity index (χ3n) is 5.43. The first-order chi connectivity index (χ1) is 17.3. The van der Waals surface area contributed by atoms with E-state index in [1.807, 2.05) is 0 Å². The second-order valence-electron chi connectivity index (χ2n) is 8.57. The number of likely N-dealkylation sites (tertiary alicyclic amines) is 1. The summed E-state index contributed by atoms with van der Waals surface area (Å²) in [7, 11) is 0. The molecule has 0 radical (unpaired) electrons. The Kier molecular flexibility index (Phi) is 6.64. The quantitative estimate of drug-likeness (QED) is 0.469. The van der Waals surface area contributed by atoms with Crippen LogP contribution in [0.1, 0.15) is 23.1 Å². The van der Waals surface area contributed by atoms with Crippen LogP contribution < -0.4 is 14.8 Å². The van der Waals surface area contributed by atoms with Gasteiger partial charge >= 0.3 is 12.1 Å². The van der Waals surface area contributed by atoms with Crippen molar-refractivity contribution in [2.45, 2.75) is 32.0 Å². The molecule has 1 aliphatic heterocycles. The Balaban J connectivity index is 1.50. The maximum absolute atomic E-state index is 13.5. The van der Waals surface area contributed by atoms with E-state index >= 15 is 0 Å². The van der Waals surface area contributed by atoms with E-state index in [0.717, 1.165) is 12.3 Å². The lowest BCUT2D eigenvalue weighted by molar-refractivity contribution is -0.192. The van der Waals surface area contributed by atoms with E-state index in [0.29, 0.717) is 16.2 Å². The van der Waals surface area contributed by atoms with Gasteiger partial charge in [-0.2, -0.15) is 13.2 Å². The Labute approximate surface area is 205 Å². The van der Waals surface area contributed by atoms with E-state index in [2.05, 4.69) is 15.3 Å². The number of amides is 2. The zero-order chi connectivity index (χ0) is 27.1. The molecule has 4 rings (SSSR count). The van der Waals surface area contributed by atoms with Crippen molar-refractivity contribution in [3.63, 3.8) is 0 Å². The average Bonchev–Trinajstić information content (AvgIpc) is 3.12. The Morgan fingerprint density at radius 1 is 1.24 bits per heavy atom. The standard InChI is InChI=1S/C22H19F6N5O4/c1-11-17(18(34)31-21(2)9-32(10-21)20(35)22(26,27)28)30-16-4-3-13(7-33(11)16)37-19-14(36-8-15(24)25)5-12(23)6-29-19/h3-7,15H,8-10H2,1-2H3,(H,31,34). The fraction of sp³-hybridized carbons (Fsp3) is 0.364. The SMILES string of the molecule is Cc1c(C(=O)NC2(C)CN(C(=O)C(F)(F)F)C2)nc2ccc(Oc3ncc(F)cc3OCC(F)F)cn12. The number of carbonyl (C=O) groups excluding carboxylic acids is 2. The number of halogens is 6. The molecule has 0 bridgehead atoms. The average molecular weight is 531 g/mol. The first-order valence-electron chi connectivity index (χ1n) is 10.7. The highest BCUT2D eigenvalue weighted by atomic mass is 19.4. The van der Waals surface area contributed by atoms with E-state index in [4.69, 9.17) is 9.47 Å². The number of nitrogens with one attached hydrogen (secondary N) is 1. The topological polar surface area (TPSA) is 98.1 Å². The molecule has 1 N–H and O–H groups in total. The van der Waals surface area contributed by atoms with E-state index in [1.54, 1.807) is 6.92 Å². The second kappa shape index (κ2) is 9.44. The zero-order valence-electron chi connectivity index (χ0n) is 19.3. The molecule has 37 heavy (non-hydrogen) atoms. The number of aryl methyl sites for hydroxylation is 1. The number of rotatable bonds is 7. The van der Waals surface area contributed by atoms with Gasteiger partial charge in [-0.1, -0.05) is 0 Å². The number of carbonyl (C=O) groups is 2. The Morgan fingerprint density at radius 2 is 1.95 bits per heavy atom. The van der Waals surface area contributed by atoms with Gasteiger partial charge in [-0.3, -0.25) is 14.0 Å². The first kappa shape index (κ1) is 26.0. The Morgan fingerprint density at radius 3 is 2.59 bits per heavy atom. The van der Waals surface area contributed by atoms with Crippen LogP contribution in [0.5, 0.6) is 17.4 Å². The molecule has 4 heterocycles. The number of imidazole rings is 1. The van der Waals surface area contributed by atoms with Crippen LogP contribution in [-0.4, -0.2) is 68.9 Å². The molecule has 2 amide bonds. The lowest BCUT2D eigenvalue weighted by Gasteiger charge is -2.48. The van der Waals surface area contributed by atoms with Crippen LogP contribution in [0.4, 0.5) is 26.3 Å². The van der Waals surface area contributed by atoms with Gasteiger partial charge in [0.05, 0.1) is 23.6 Å². The zero-order valence-corrected chi connectivity index (χ0v) is 19.3. The normalized spacial score (nSPS) is 15.0. The molecular formula is C22H19F6N5O4. The van der Waals surface area contributed by atoms with Crippen molar-refractivity contribution in [1.29, 1.82) is 0 Å². The maximum atomic E-state index is 13.5. The molecule has 0 aromatic carbocycles. The van der Waals surface area contributed by atoms with Crippen LogP contribution >= 0.6 is 0 Å². The molecule has 3 aromatic heterocycles. The van der Waals surface area contributed by atoms with E-state index in [9.17, 15) is 35.9 Å². The smallest absolute Gasteiger partial charge is 0.471 e. The van der Waals surface area contributed by atoms with Gasteiger partial charge in [0.25, 0.3) is 18.2 Å². The highest BCUT2D eigenvalue weighted by Gasteiger charge is 2.51. The lowest BCUT2D eigenvalue weighted by atomic mass is 9.91. The summed E-state index contributed by atoms with van der Waals surface area (Å²) in [5.41, 5.74) is -0.411. The summed E-state index contributed by atoms with van der Waals surface area (Å²) in [5.74, 6) is -3.93. The fourth-order valence-corrected chi connectivity index (χ4v) is 3.80. The number of pyridine rings is 2. The summed E-state index contributed by atoms with van der Waals surface area (Å²) in [5, 5.41) is 2.61. The Hall–Kier alpha value is -4.04. The second-order valence-corrected chi connectivity index (χ2v) is 8.57. The maximum Gasteiger partial charge on any atom is 0.471 e. The molecule has 9 nitrogen and oxygen atoms in total. The molecule has 0 saturated carbocycles. The summed E-state index contributed by atoms with van der Waals surface area (Å²) in [6.07, 6.45) is -5.56. The van der Waals surface area contributed by atoms with Crippen LogP contribution in [0, 0.1) is 12.7 Å². The van der Waals surface area contributed by atoms with Crippen LogP contribution in [0.25, 0.3) is 5.65 Å². The van der Waals surface area contributed by atoms with Crippen molar-refractivity contribution in [3.8, 4) is 17.4 Å². The van der Waals surface area contributed by atoms with E-state index in [-0.39, 0.29) is 36.2 Å². The summed E-state index contributed by atoms with van der Waals surface area (Å²) >= 11 is 0. The number of ether oxygens (including phenoxy) is 2. The van der Waals surface area contributed by atoms with Crippen LogP contribution in [-0.2, 0) is 4.79 Å². The molecule has 1 aliphatic rings. The van der Waals surface area contributed by atoms with Gasteiger partial charge in [-0.05, 0) is 26.0 Å². The highest BCUT2D eigenvalue weighted by Crippen LogP contribution is 2.31. The number of alkyl halides is 5. The molecule has 0 spiro atoms. The Bertz CT molecular complexity index is 1350. The van der Waals surface area contributed by atoms with Gasteiger partial charge in [0, 0.05) is 19.2 Å². The van der Waals surface area contributed by atoms with Gasteiger partial charge in [0.1, 0.15) is 29.5 Å². The van der Waals surface area contributed by atoms with E-state index in [1.165, 1.54) is 29.7 Å². The number of hydrogen-bond acceptors (Lipinski definition) is 6. The molecule has 0 unspecified atom stereocenters. The minimum Gasteiger partial charge on any atom is -0.482 e. The largest absolute Gasteiger partial charge is 0.482 e. The van der Waals surface area contributed by atoms with Gasteiger partial charge < -0.3 is 19.7 Å². The van der Waals surface area contributed by atoms with Crippen LogP contribution in [0.3, 0.4) is 0 Å². The molecule has 0 aliphatic carbocycles. The van der Waals surface area contributed by atoms with Crippen molar-refractivity contribution in [2.75, 3.05) is 19.7 Å². The predicted octanol–water partition coefficient (Wildman–Crippen LogP) is 3.51. The molecule has 1 saturated heterocycles. The van der Waals surface area contributed by atoms with Crippen molar-refractivity contribution in [2.24, 2.45) is 0 Å². The molecule has 198 valence electrons. The predicted molar refractivity (Wildman–Crippen MR) is 114 cm³/mol. The number of aromatic nitrogens is 3. The van der Waals surface area contributed by atoms with Crippen molar-refractivity contribution >= 4 is 17.5 Å². The number of nitrogens with zero attached hydrogens (tertiary/aromatic N) is 4. The van der Waals surface area contributed by atoms with Crippen molar-refractivity contribution in [3.05, 3.63) is 47.8 Å². The van der Waals surface area contributed by atoms with Crippen LogP contribution in [0.2, 0.25) is 0 Å². The van der Waals surface area contributed by atoms with Gasteiger partial charge in [0.15, 0.2) is 5.75 Å². The van der Waals surface area contributed by atoms with Gasteiger partial charge in [-0.25, -0.2) is 23.1 Å². The van der Waals surface area contributed by atoms with E-state index < -0.39 is 42.4 Å². The van der Waals surface area contributed by atoms with Crippen LogP contribution in [0.15, 0.2) is 30.6 Å². The summed E-state index contributed by atoms with van der Waals surface area (Å²) in [6.45, 7) is 1.44. The molecule has 3 aromatic rings. The van der Waals surface area contributed by atoms with Gasteiger partial charge in [0.2, 0.25) is 0 Å². The minimum absolute atomic E-state index is 0.0140. The molecule has 15 heteroatoms. The molecular weight excluding hydrogens is 512 g/mol. The highest BCUT2D eigenvalue weighted by molar-refractivity contribution is 5.95. The third-order valence-corrected chi connectivity index (χ3v) is 5.43. The summed E-state index contributed by atoms with van der Waals surface area (Å²) in [4.78, 5) is 32.7. The minimum atomic E-state index is -5.00. The third kappa shape index (κ3) is 5.54. The number of fused-ring (bicyclic) bond motifs is 1.